The minimum Gasteiger partial charge on any atom is -0.349 e. The topological polar surface area (TPSA) is 58.4 Å². The van der Waals surface area contributed by atoms with E-state index in [9.17, 15) is 4.79 Å². The van der Waals surface area contributed by atoms with E-state index in [4.69, 9.17) is 5.73 Å². The number of amides is 1. The Labute approximate surface area is 105 Å². The number of nitrogens with one attached hydrogen (secondary N) is 1. The summed E-state index contributed by atoms with van der Waals surface area (Å²) in [6, 6.07) is 0. The second-order valence-electron chi connectivity index (χ2n) is 5.84. The van der Waals surface area contributed by atoms with Crippen LogP contribution in [0, 0.1) is 11.8 Å². The first-order valence-corrected chi connectivity index (χ1v) is 6.59. The third-order valence-corrected chi connectivity index (χ3v) is 4.20. The first kappa shape index (κ1) is 14.5. The zero-order valence-corrected chi connectivity index (χ0v) is 11.6. The average molecular weight is 241 g/mol. The molecule has 1 heterocycles. The molecule has 1 aliphatic rings. The average Bonchev–Trinajstić information content (AvgIpc) is 2.29. The van der Waals surface area contributed by atoms with Crippen LogP contribution in [0.4, 0.5) is 0 Å². The molecule has 0 aromatic heterocycles. The molecule has 1 atom stereocenters. The normalized spacial score (nSPS) is 22.5. The van der Waals surface area contributed by atoms with E-state index in [-0.39, 0.29) is 17.4 Å². The number of rotatable bonds is 4. The van der Waals surface area contributed by atoms with Crippen LogP contribution in [0.1, 0.15) is 33.6 Å². The van der Waals surface area contributed by atoms with Crippen LogP contribution in [0.25, 0.3) is 0 Å². The number of carbonyl (C=O) groups excluding carboxylic acids is 1. The lowest BCUT2D eigenvalue weighted by Crippen LogP contribution is -2.57. The van der Waals surface area contributed by atoms with Crippen LogP contribution in [-0.4, -0.2) is 43.0 Å². The Hall–Kier alpha value is -0.610. The lowest BCUT2D eigenvalue weighted by molar-refractivity contribution is -0.128. The molecule has 0 aliphatic carbocycles. The highest BCUT2D eigenvalue weighted by Crippen LogP contribution is 2.20. The first-order chi connectivity index (χ1) is 7.89. The molecular formula is C13H27N3O. The smallest absolute Gasteiger partial charge is 0.223 e. The molecule has 0 saturated carbocycles. The summed E-state index contributed by atoms with van der Waals surface area (Å²) in [6.07, 6.45) is 1.92. The largest absolute Gasteiger partial charge is 0.349 e. The van der Waals surface area contributed by atoms with Gasteiger partial charge in [0, 0.05) is 12.5 Å². The van der Waals surface area contributed by atoms with E-state index in [1.165, 1.54) is 0 Å². The lowest BCUT2D eigenvalue weighted by atomic mass is 9.86. The molecule has 17 heavy (non-hydrogen) atoms. The van der Waals surface area contributed by atoms with Crippen LogP contribution >= 0.6 is 0 Å². The molecule has 100 valence electrons. The van der Waals surface area contributed by atoms with Gasteiger partial charge in [-0.2, -0.15) is 0 Å². The zero-order chi connectivity index (χ0) is 13.1. The molecule has 1 rings (SSSR count). The molecule has 1 aliphatic heterocycles. The summed E-state index contributed by atoms with van der Waals surface area (Å²) in [5.74, 6) is 0.693. The summed E-state index contributed by atoms with van der Waals surface area (Å²) >= 11 is 0. The van der Waals surface area contributed by atoms with Crippen LogP contribution in [0.2, 0.25) is 0 Å². The number of carbonyl (C=O) groups is 1. The van der Waals surface area contributed by atoms with Crippen molar-refractivity contribution < 1.29 is 4.79 Å². The van der Waals surface area contributed by atoms with E-state index in [1.54, 1.807) is 0 Å². The molecule has 4 heteroatoms. The highest BCUT2D eigenvalue weighted by Gasteiger charge is 2.32. The van der Waals surface area contributed by atoms with Crippen LogP contribution in [0.5, 0.6) is 0 Å². The first-order valence-electron chi connectivity index (χ1n) is 6.59. The second-order valence-corrected chi connectivity index (χ2v) is 5.84. The van der Waals surface area contributed by atoms with Gasteiger partial charge in [0.2, 0.25) is 5.91 Å². The summed E-state index contributed by atoms with van der Waals surface area (Å²) in [6.45, 7) is 8.75. The molecule has 0 radical (unpaired) electrons. The van der Waals surface area contributed by atoms with Crippen molar-refractivity contribution in [2.45, 2.75) is 39.2 Å². The number of piperidine rings is 1. The van der Waals surface area contributed by atoms with Crippen molar-refractivity contribution in [1.82, 2.24) is 10.2 Å². The number of hydrogen-bond acceptors (Lipinski definition) is 3. The number of hydrogen-bond donors (Lipinski definition) is 2. The summed E-state index contributed by atoms with van der Waals surface area (Å²) in [4.78, 5) is 14.5. The maximum atomic E-state index is 12.2. The molecule has 4 nitrogen and oxygen atoms in total. The van der Waals surface area contributed by atoms with Gasteiger partial charge < -0.3 is 16.0 Å². The molecule has 1 saturated heterocycles. The minimum atomic E-state index is -0.277. The van der Waals surface area contributed by atoms with E-state index >= 15 is 0 Å². The van der Waals surface area contributed by atoms with Gasteiger partial charge in [-0.15, -0.1) is 0 Å². The SMILES string of the molecule is CC(C)C(C)(CN)NC(=O)C1CCN(C)CC1. The molecule has 3 N–H and O–H groups in total. The van der Waals surface area contributed by atoms with Gasteiger partial charge >= 0.3 is 0 Å². The highest BCUT2D eigenvalue weighted by atomic mass is 16.2. The molecule has 0 aromatic rings. The van der Waals surface area contributed by atoms with Gasteiger partial charge in [0.1, 0.15) is 0 Å². The van der Waals surface area contributed by atoms with Crippen molar-refractivity contribution in [2.24, 2.45) is 17.6 Å². The fourth-order valence-corrected chi connectivity index (χ4v) is 2.09. The predicted molar refractivity (Wildman–Crippen MR) is 70.7 cm³/mol. The number of nitrogens with zero attached hydrogens (tertiary/aromatic N) is 1. The standard InChI is InChI=1S/C13H27N3O/c1-10(2)13(3,9-14)15-12(17)11-5-7-16(4)8-6-11/h10-11H,5-9,14H2,1-4H3,(H,15,17). The highest BCUT2D eigenvalue weighted by molar-refractivity contribution is 5.79. The van der Waals surface area contributed by atoms with Crippen LogP contribution in [0.15, 0.2) is 0 Å². The second kappa shape index (κ2) is 5.83. The van der Waals surface area contributed by atoms with Crippen molar-refractivity contribution in [3.8, 4) is 0 Å². The maximum absolute atomic E-state index is 12.2. The molecule has 0 bridgehead atoms. The van der Waals surface area contributed by atoms with Gasteiger partial charge in [0.15, 0.2) is 0 Å². The Bertz CT molecular complexity index is 259. The minimum absolute atomic E-state index is 0.163. The Balaban J connectivity index is 2.53. The quantitative estimate of drug-likeness (QED) is 0.766. The van der Waals surface area contributed by atoms with Gasteiger partial charge in [-0.1, -0.05) is 13.8 Å². The number of likely N-dealkylation sites (tertiary alicyclic amines) is 1. The monoisotopic (exact) mass is 241 g/mol. The van der Waals surface area contributed by atoms with Crippen LogP contribution < -0.4 is 11.1 Å². The van der Waals surface area contributed by atoms with Gasteiger partial charge in [0.25, 0.3) is 0 Å². The fourth-order valence-electron chi connectivity index (χ4n) is 2.09. The Morgan fingerprint density at radius 2 is 2.00 bits per heavy atom. The molecule has 0 spiro atoms. The van der Waals surface area contributed by atoms with Gasteiger partial charge in [-0.25, -0.2) is 0 Å². The van der Waals surface area contributed by atoms with Crippen molar-refractivity contribution in [3.05, 3.63) is 0 Å². The van der Waals surface area contributed by atoms with E-state index < -0.39 is 0 Å². The Morgan fingerprint density at radius 1 is 1.47 bits per heavy atom. The number of nitrogens with two attached hydrogens (primary N) is 1. The Morgan fingerprint density at radius 3 is 2.41 bits per heavy atom. The summed E-state index contributed by atoms with van der Waals surface area (Å²) < 4.78 is 0. The molecule has 1 unspecified atom stereocenters. The van der Waals surface area contributed by atoms with E-state index in [0.29, 0.717) is 12.5 Å². The van der Waals surface area contributed by atoms with Crippen LogP contribution in [0.3, 0.4) is 0 Å². The van der Waals surface area contributed by atoms with Gasteiger partial charge in [-0.3, -0.25) is 4.79 Å². The predicted octanol–water partition coefficient (Wildman–Crippen LogP) is 0.818. The van der Waals surface area contributed by atoms with E-state index in [2.05, 4.69) is 31.1 Å². The van der Waals surface area contributed by atoms with E-state index in [1.807, 2.05) is 6.92 Å². The van der Waals surface area contributed by atoms with Crippen molar-refractivity contribution in [3.63, 3.8) is 0 Å². The molecule has 0 aromatic carbocycles. The Kier molecular flexibility index (Phi) is 4.95. The van der Waals surface area contributed by atoms with Gasteiger partial charge in [0.05, 0.1) is 5.54 Å². The zero-order valence-electron chi connectivity index (χ0n) is 11.6. The summed E-state index contributed by atoms with van der Waals surface area (Å²) in [5.41, 5.74) is 5.51. The summed E-state index contributed by atoms with van der Waals surface area (Å²) in [7, 11) is 2.10. The molecule has 1 fully saturated rings. The van der Waals surface area contributed by atoms with Crippen LogP contribution in [-0.2, 0) is 4.79 Å². The van der Waals surface area contributed by atoms with Crippen molar-refractivity contribution in [2.75, 3.05) is 26.7 Å². The third kappa shape index (κ3) is 3.68. The lowest BCUT2D eigenvalue weighted by Gasteiger charge is -2.36. The van der Waals surface area contributed by atoms with E-state index in [0.717, 1.165) is 25.9 Å². The third-order valence-electron chi connectivity index (χ3n) is 4.20. The summed E-state index contributed by atoms with van der Waals surface area (Å²) in [5, 5.41) is 3.14. The van der Waals surface area contributed by atoms with Crippen molar-refractivity contribution in [1.29, 1.82) is 0 Å². The molecular weight excluding hydrogens is 214 g/mol. The molecule has 1 amide bonds. The van der Waals surface area contributed by atoms with Crippen molar-refractivity contribution >= 4 is 5.91 Å². The maximum Gasteiger partial charge on any atom is 0.223 e. The fraction of sp³-hybridized carbons (Fsp3) is 0.923. The van der Waals surface area contributed by atoms with Gasteiger partial charge in [-0.05, 0) is 45.8 Å².